The van der Waals surface area contributed by atoms with Crippen LogP contribution in [0.3, 0.4) is 0 Å². The predicted octanol–water partition coefficient (Wildman–Crippen LogP) is 4.43. The van der Waals surface area contributed by atoms with Crippen molar-refractivity contribution >= 4 is 22.4 Å². The molecule has 0 saturated carbocycles. The van der Waals surface area contributed by atoms with Crippen LogP contribution in [0.4, 0.5) is 5.69 Å². The maximum Gasteiger partial charge on any atom is 0.302 e. The van der Waals surface area contributed by atoms with Crippen LogP contribution >= 0.6 is 0 Å². The summed E-state index contributed by atoms with van der Waals surface area (Å²) in [5.41, 5.74) is 1.47. The molecule has 6 nitrogen and oxygen atoms in total. The number of carbonyl (C=O) groups excluding carboxylic acids is 1. The highest BCUT2D eigenvalue weighted by molar-refractivity contribution is 5.94. The van der Waals surface area contributed by atoms with Gasteiger partial charge in [0.15, 0.2) is 0 Å². The molecule has 6 heteroatoms. The molecule has 0 heterocycles. The minimum atomic E-state index is -0.426. The monoisotopic (exact) mass is 365 g/mol. The molecule has 0 amide bonds. The Labute approximate surface area is 156 Å². The molecule has 27 heavy (non-hydrogen) atoms. The number of esters is 1. The summed E-state index contributed by atoms with van der Waals surface area (Å²) in [6.07, 6.45) is 0.259. The largest absolute Gasteiger partial charge is 0.488 e. The summed E-state index contributed by atoms with van der Waals surface area (Å²) < 4.78 is 10.9. The molecule has 0 saturated heterocycles. The summed E-state index contributed by atoms with van der Waals surface area (Å²) in [4.78, 5) is 22.2. The fourth-order valence-corrected chi connectivity index (χ4v) is 2.97. The van der Waals surface area contributed by atoms with E-state index in [4.69, 9.17) is 9.47 Å². The Morgan fingerprint density at radius 2 is 1.70 bits per heavy atom. The van der Waals surface area contributed by atoms with Crippen LogP contribution < -0.4 is 4.74 Å². The van der Waals surface area contributed by atoms with Crippen LogP contribution in [-0.4, -0.2) is 17.5 Å². The minimum absolute atomic E-state index is 0.0380. The van der Waals surface area contributed by atoms with Crippen molar-refractivity contribution in [3.63, 3.8) is 0 Å². The Hall–Kier alpha value is -3.41. The molecule has 0 spiro atoms. The molecule has 0 aliphatic heterocycles. The van der Waals surface area contributed by atoms with E-state index in [9.17, 15) is 14.9 Å². The number of nitrogens with zero attached hydrogens (tertiary/aromatic N) is 1. The average Bonchev–Trinajstić information content (AvgIpc) is 2.67. The first-order valence-corrected chi connectivity index (χ1v) is 8.55. The molecule has 0 aliphatic rings. The van der Waals surface area contributed by atoms with Crippen LogP contribution in [0.1, 0.15) is 18.1 Å². The number of hydrogen-bond acceptors (Lipinski definition) is 5. The highest BCUT2D eigenvalue weighted by Crippen LogP contribution is 2.36. The van der Waals surface area contributed by atoms with Gasteiger partial charge >= 0.3 is 5.97 Å². The second-order valence-electron chi connectivity index (χ2n) is 6.04. The molecule has 0 aliphatic carbocycles. The van der Waals surface area contributed by atoms with Crippen LogP contribution in [0.2, 0.25) is 0 Å². The van der Waals surface area contributed by atoms with Crippen molar-refractivity contribution in [2.24, 2.45) is 0 Å². The highest BCUT2D eigenvalue weighted by atomic mass is 16.6. The average molecular weight is 365 g/mol. The van der Waals surface area contributed by atoms with E-state index in [0.717, 1.165) is 16.3 Å². The molecule has 0 radical (unpaired) electrons. The van der Waals surface area contributed by atoms with Crippen LogP contribution in [-0.2, 0) is 22.6 Å². The Kier molecular flexibility index (Phi) is 5.66. The molecule has 0 bridgehead atoms. The molecule has 0 atom stereocenters. The first-order valence-electron chi connectivity index (χ1n) is 8.55. The third-order valence-corrected chi connectivity index (χ3v) is 4.19. The fourth-order valence-electron chi connectivity index (χ4n) is 2.97. The normalized spacial score (nSPS) is 10.6. The van der Waals surface area contributed by atoms with Gasteiger partial charge in [0.1, 0.15) is 12.4 Å². The quantitative estimate of drug-likeness (QED) is 0.351. The molecule has 0 unspecified atom stereocenters. The number of ether oxygens (including phenoxy) is 2. The van der Waals surface area contributed by atoms with Gasteiger partial charge in [0.05, 0.1) is 17.6 Å². The summed E-state index contributed by atoms with van der Waals surface area (Å²) in [5.74, 6) is 0.0437. The zero-order chi connectivity index (χ0) is 19.2. The lowest BCUT2D eigenvalue weighted by Gasteiger charge is -2.13. The van der Waals surface area contributed by atoms with Crippen LogP contribution in [0.15, 0.2) is 60.7 Å². The van der Waals surface area contributed by atoms with E-state index in [2.05, 4.69) is 0 Å². The van der Waals surface area contributed by atoms with E-state index in [1.54, 1.807) is 0 Å². The first kappa shape index (κ1) is 18.4. The second kappa shape index (κ2) is 8.31. The van der Waals surface area contributed by atoms with Crippen molar-refractivity contribution in [3.05, 3.63) is 81.9 Å². The summed E-state index contributed by atoms with van der Waals surface area (Å²) in [5, 5.41) is 13.1. The zero-order valence-electron chi connectivity index (χ0n) is 14.9. The van der Waals surface area contributed by atoms with E-state index < -0.39 is 10.9 Å². The lowest BCUT2D eigenvalue weighted by Crippen LogP contribution is -2.06. The maximum absolute atomic E-state index is 11.6. The Balaban J connectivity index is 1.99. The molecular weight excluding hydrogens is 346 g/mol. The standard InChI is InChI=1S/C21H19NO5/c1-15(23)26-12-11-18-17-9-5-6-10-19(17)21(13-20(18)22(24)25)27-14-16-7-3-2-4-8-16/h2-10,13H,11-12,14H2,1H3. The van der Waals surface area contributed by atoms with Gasteiger partial charge in [-0.05, 0) is 10.9 Å². The molecule has 3 aromatic carbocycles. The van der Waals surface area contributed by atoms with Gasteiger partial charge in [-0.2, -0.15) is 0 Å². The maximum atomic E-state index is 11.6. The van der Waals surface area contributed by atoms with E-state index >= 15 is 0 Å². The smallest absolute Gasteiger partial charge is 0.302 e. The van der Waals surface area contributed by atoms with Gasteiger partial charge in [0.2, 0.25) is 0 Å². The Bertz CT molecular complexity index is 969. The van der Waals surface area contributed by atoms with Gasteiger partial charge in [-0.3, -0.25) is 14.9 Å². The number of hydrogen-bond donors (Lipinski definition) is 0. The van der Waals surface area contributed by atoms with Gasteiger partial charge in [-0.25, -0.2) is 0 Å². The number of benzene rings is 3. The number of nitro groups is 1. The molecule has 138 valence electrons. The molecular formula is C21H19NO5. The minimum Gasteiger partial charge on any atom is -0.488 e. The van der Waals surface area contributed by atoms with Gasteiger partial charge in [-0.15, -0.1) is 0 Å². The van der Waals surface area contributed by atoms with Gasteiger partial charge < -0.3 is 9.47 Å². The predicted molar refractivity (Wildman–Crippen MR) is 102 cm³/mol. The molecule has 3 aromatic rings. The molecule has 0 fully saturated rings. The third-order valence-electron chi connectivity index (χ3n) is 4.19. The highest BCUT2D eigenvalue weighted by Gasteiger charge is 2.21. The van der Waals surface area contributed by atoms with Crippen LogP contribution in [0.5, 0.6) is 5.75 Å². The van der Waals surface area contributed by atoms with Crippen LogP contribution in [0.25, 0.3) is 10.8 Å². The van der Waals surface area contributed by atoms with Crippen molar-refractivity contribution < 1.29 is 19.2 Å². The number of nitro benzene ring substituents is 1. The molecule has 3 rings (SSSR count). The van der Waals surface area contributed by atoms with Crippen molar-refractivity contribution in [3.8, 4) is 5.75 Å². The van der Waals surface area contributed by atoms with E-state index in [1.807, 2.05) is 54.6 Å². The second-order valence-corrected chi connectivity index (χ2v) is 6.04. The van der Waals surface area contributed by atoms with Crippen molar-refractivity contribution in [1.82, 2.24) is 0 Å². The van der Waals surface area contributed by atoms with Crippen molar-refractivity contribution in [2.75, 3.05) is 6.61 Å². The lowest BCUT2D eigenvalue weighted by molar-refractivity contribution is -0.385. The van der Waals surface area contributed by atoms with Gasteiger partial charge in [0, 0.05) is 24.3 Å². The Morgan fingerprint density at radius 3 is 2.37 bits per heavy atom. The van der Waals surface area contributed by atoms with Crippen molar-refractivity contribution in [2.45, 2.75) is 20.0 Å². The molecule has 0 aromatic heterocycles. The van der Waals surface area contributed by atoms with E-state index in [1.165, 1.54) is 13.0 Å². The third kappa shape index (κ3) is 4.41. The summed E-state index contributed by atoms with van der Waals surface area (Å²) in [6.45, 7) is 1.71. The summed E-state index contributed by atoms with van der Waals surface area (Å²) in [6, 6.07) is 18.4. The van der Waals surface area contributed by atoms with Gasteiger partial charge in [-0.1, -0.05) is 54.6 Å². The number of carbonyl (C=O) groups is 1. The summed E-state index contributed by atoms with van der Waals surface area (Å²) >= 11 is 0. The van der Waals surface area contributed by atoms with Crippen LogP contribution in [0, 0.1) is 10.1 Å². The molecule has 0 N–H and O–H groups in total. The number of rotatable bonds is 7. The zero-order valence-corrected chi connectivity index (χ0v) is 14.9. The topological polar surface area (TPSA) is 78.7 Å². The van der Waals surface area contributed by atoms with Crippen molar-refractivity contribution in [1.29, 1.82) is 0 Å². The number of fused-ring (bicyclic) bond motifs is 1. The lowest BCUT2D eigenvalue weighted by atomic mass is 9.99. The Morgan fingerprint density at radius 1 is 1.04 bits per heavy atom. The van der Waals surface area contributed by atoms with E-state index in [-0.39, 0.29) is 18.7 Å². The fraction of sp³-hybridized carbons (Fsp3) is 0.190. The SMILES string of the molecule is CC(=O)OCCc1c([N+](=O)[O-])cc(OCc2ccccc2)c2ccccc12. The van der Waals surface area contributed by atoms with Gasteiger partial charge in [0.25, 0.3) is 5.69 Å². The summed E-state index contributed by atoms with van der Waals surface area (Å²) in [7, 11) is 0. The first-order chi connectivity index (χ1) is 13.1. The van der Waals surface area contributed by atoms with E-state index in [0.29, 0.717) is 17.9 Å².